The highest BCUT2D eigenvalue weighted by Gasteiger charge is 2.20. The van der Waals surface area contributed by atoms with Gasteiger partial charge in [-0.2, -0.15) is 0 Å². The molecule has 0 aromatic rings. The lowest BCUT2D eigenvalue weighted by Crippen LogP contribution is -2.14. The smallest absolute Gasteiger partial charge is 0.000136 e. The topological polar surface area (TPSA) is 0 Å². The van der Waals surface area contributed by atoms with E-state index in [9.17, 15) is 0 Å². The Bertz CT molecular complexity index is 132. The molecule has 0 unspecified atom stereocenters. The fourth-order valence-corrected chi connectivity index (χ4v) is 1.01. The summed E-state index contributed by atoms with van der Waals surface area (Å²) in [6.07, 6.45) is 8.74. The molecule has 1 rings (SSSR count). The average molecular weight is 122 g/mol. The fraction of sp³-hybridized carbons (Fsp3) is 0.556. The number of rotatable bonds is 0. The van der Waals surface area contributed by atoms with E-state index in [1.165, 1.54) is 0 Å². The highest BCUT2D eigenvalue weighted by Crippen LogP contribution is 2.30. The van der Waals surface area contributed by atoms with Crippen LogP contribution in [0.3, 0.4) is 0 Å². The summed E-state index contributed by atoms with van der Waals surface area (Å²) in [5, 5.41) is 0. The molecule has 0 amide bonds. The molecule has 0 aliphatic heterocycles. The lowest BCUT2D eigenvalue weighted by atomic mass is 9.82. The molecule has 0 saturated heterocycles. The molecule has 0 spiro atoms. The van der Waals surface area contributed by atoms with E-state index >= 15 is 0 Å². The molecule has 0 radical (unpaired) electrons. The van der Waals surface area contributed by atoms with Gasteiger partial charge in [0.25, 0.3) is 0 Å². The molecule has 0 N–H and O–H groups in total. The summed E-state index contributed by atoms with van der Waals surface area (Å²) in [4.78, 5) is 0. The quantitative estimate of drug-likeness (QED) is 0.463. The zero-order valence-electron chi connectivity index (χ0n) is 6.39. The van der Waals surface area contributed by atoms with E-state index in [-0.39, 0.29) is 0 Å². The number of hydrogen-bond acceptors (Lipinski definition) is 0. The summed E-state index contributed by atoms with van der Waals surface area (Å²) in [6, 6.07) is 0. The van der Waals surface area contributed by atoms with Crippen LogP contribution in [0.25, 0.3) is 0 Å². The standard InChI is InChI=1S/C9H14/c1-9(2,3)8-6-4-5-7-8/h4-8H,1-3H3. The first-order valence-corrected chi connectivity index (χ1v) is 3.46. The highest BCUT2D eigenvalue weighted by molar-refractivity contribution is 5.19. The van der Waals surface area contributed by atoms with Gasteiger partial charge in [0, 0.05) is 5.92 Å². The van der Waals surface area contributed by atoms with Gasteiger partial charge < -0.3 is 0 Å². The monoisotopic (exact) mass is 122 g/mol. The van der Waals surface area contributed by atoms with Crippen molar-refractivity contribution in [2.75, 3.05) is 0 Å². The van der Waals surface area contributed by atoms with Crippen LogP contribution in [0.4, 0.5) is 0 Å². The lowest BCUT2D eigenvalue weighted by molar-refractivity contribution is 0.346. The summed E-state index contributed by atoms with van der Waals surface area (Å²) in [5.74, 6) is 0.650. The molecule has 9 heavy (non-hydrogen) atoms. The third-order valence-electron chi connectivity index (χ3n) is 1.75. The molecule has 1 aliphatic rings. The van der Waals surface area contributed by atoms with Crippen LogP contribution in [-0.2, 0) is 0 Å². The van der Waals surface area contributed by atoms with Crippen LogP contribution in [0.5, 0.6) is 0 Å². The summed E-state index contributed by atoms with van der Waals surface area (Å²) in [5.41, 5.74) is 0.406. The van der Waals surface area contributed by atoms with E-state index in [1.807, 2.05) is 0 Å². The second kappa shape index (κ2) is 2.02. The molecule has 0 atom stereocenters. The van der Waals surface area contributed by atoms with Gasteiger partial charge in [-0.15, -0.1) is 0 Å². The molecule has 0 bridgehead atoms. The van der Waals surface area contributed by atoms with E-state index in [2.05, 4.69) is 45.1 Å². The van der Waals surface area contributed by atoms with Crippen LogP contribution in [-0.4, -0.2) is 0 Å². The SMILES string of the molecule is CC(C)(C)C1C=CC=C1. The molecule has 0 fully saturated rings. The summed E-state index contributed by atoms with van der Waals surface area (Å²) in [6.45, 7) is 6.78. The van der Waals surface area contributed by atoms with Crippen molar-refractivity contribution in [3.05, 3.63) is 24.3 Å². The number of allylic oxidation sites excluding steroid dienone is 4. The van der Waals surface area contributed by atoms with Gasteiger partial charge in [-0.3, -0.25) is 0 Å². The Morgan fingerprint density at radius 3 is 1.67 bits per heavy atom. The molecule has 0 aromatic heterocycles. The van der Waals surface area contributed by atoms with Gasteiger partial charge in [-0.25, -0.2) is 0 Å². The lowest BCUT2D eigenvalue weighted by Gasteiger charge is -2.23. The second-order valence-corrected chi connectivity index (χ2v) is 3.66. The zero-order chi connectivity index (χ0) is 6.91. The van der Waals surface area contributed by atoms with Crippen molar-refractivity contribution < 1.29 is 0 Å². The average Bonchev–Trinajstić information content (AvgIpc) is 2.08. The fourth-order valence-electron chi connectivity index (χ4n) is 1.01. The van der Waals surface area contributed by atoms with Gasteiger partial charge in [0.15, 0.2) is 0 Å². The third kappa shape index (κ3) is 1.44. The molecular formula is C9H14. The van der Waals surface area contributed by atoms with E-state index < -0.39 is 0 Å². The Balaban J connectivity index is 2.64. The minimum atomic E-state index is 0.406. The van der Waals surface area contributed by atoms with E-state index in [1.54, 1.807) is 0 Å². The second-order valence-electron chi connectivity index (χ2n) is 3.66. The Hall–Kier alpha value is -0.520. The Morgan fingerprint density at radius 2 is 1.44 bits per heavy atom. The zero-order valence-corrected chi connectivity index (χ0v) is 6.39. The van der Waals surface area contributed by atoms with Gasteiger partial charge in [0.1, 0.15) is 0 Å². The molecular weight excluding hydrogens is 108 g/mol. The van der Waals surface area contributed by atoms with Crippen molar-refractivity contribution in [3.63, 3.8) is 0 Å². The maximum absolute atomic E-state index is 2.26. The van der Waals surface area contributed by atoms with Crippen LogP contribution >= 0.6 is 0 Å². The molecule has 0 nitrogen and oxygen atoms in total. The van der Waals surface area contributed by atoms with Gasteiger partial charge >= 0.3 is 0 Å². The normalized spacial score (nSPS) is 19.4. The van der Waals surface area contributed by atoms with Gasteiger partial charge in [-0.05, 0) is 5.41 Å². The first-order valence-electron chi connectivity index (χ1n) is 3.46. The van der Waals surface area contributed by atoms with E-state index in [4.69, 9.17) is 0 Å². The van der Waals surface area contributed by atoms with Crippen molar-refractivity contribution in [1.82, 2.24) is 0 Å². The predicted octanol–water partition coefficient (Wildman–Crippen LogP) is 2.77. The molecule has 1 aliphatic carbocycles. The minimum absolute atomic E-state index is 0.406. The summed E-state index contributed by atoms with van der Waals surface area (Å²) < 4.78 is 0. The maximum atomic E-state index is 2.26. The van der Waals surface area contributed by atoms with Crippen LogP contribution in [0.15, 0.2) is 24.3 Å². The summed E-state index contributed by atoms with van der Waals surface area (Å²) in [7, 11) is 0. The van der Waals surface area contributed by atoms with E-state index in [0.29, 0.717) is 11.3 Å². The van der Waals surface area contributed by atoms with Crippen LogP contribution in [0, 0.1) is 11.3 Å². The van der Waals surface area contributed by atoms with E-state index in [0.717, 1.165) is 0 Å². The summed E-state index contributed by atoms with van der Waals surface area (Å²) >= 11 is 0. The Morgan fingerprint density at radius 1 is 1.00 bits per heavy atom. The first-order chi connectivity index (χ1) is 4.11. The first kappa shape index (κ1) is 6.60. The molecule has 0 heteroatoms. The third-order valence-corrected chi connectivity index (χ3v) is 1.75. The predicted molar refractivity (Wildman–Crippen MR) is 41.2 cm³/mol. The highest BCUT2D eigenvalue weighted by atomic mass is 14.2. The van der Waals surface area contributed by atoms with Crippen LogP contribution in [0.2, 0.25) is 0 Å². The van der Waals surface area contributed by atoms with Crippen molar-refractivity contribution >= 4 is 0 Å². The van der Waals surface area contributed by atoms with Crippen molar-refractivity contribution in [2.45, 2.75) is 20.8 Å². The van der Waals surface area contributed by atoms with Crippen molar-refractivity contribution in [1.29, 1.82) is 0 Å². The maximum Gasteiger partial charge on any atom is 0.000136 e. The van der Waals surface area contributed by atoms with Gasteiger partial charge in [0.05, 0.1) is 0 Å². The van der Waals surface area contributed by atoms with Crippen molar-refractivity contribution in [2.24, 2.45) is 11.3 Å². The molecule has 0 aromatic carbocycles. The molecule has 0 saturated carbocycles. The van der Waals surface area contributed by atoms with Crippen molar-refractivity contribution in [3.8, 4) is 0 Å². The molecule has 0 heterocycles. The van der Waals surface area contributed by atoms with Crippen LogP contribution < -0.4 is 0 Å². The van der Waals surface area contributed by atoms with Gasteiger partial charge in [0.2, 0.25) is 0 Å². The Kier molecular flexibility index (Phi) is 1.48. The molecule has 50 valence electrons. The minimum Gasteiger partial charge on any atom is -0.0771 e. The largest absolute Gasteiger partial charge is 0.0771 e. The Labute approximate surface area is 57.3 Å². The van der Waals surface area contributed by atoms with Crippen LogP contribution in [0.1, 0.15) is 20.8 Å². The number of hydrogen-bond donors (Lipinski definition) is 0. The van der Waals surface area contributed by atoms with Gasteiger partial charge in [-0.1, -0.05) is 45.1 Å².